The molecule has 0 aromatic carbocycles. The molecule has 4 heterocycles. The highest BCUT2D eigenvalue weighted by Crippen LogP contribution is 2.42. The number of ether oxygens (including phenoxy) is 7. The molecule has 0 amide bonds. The Balaban J connectivity index is 1.65. The zero-order valence-electron chi connectivity index (χ0n) is 24.2. The van der Waals surface area contributed by atoms with Crippen LogP contribution in [-0.2, 0) is 33.2 Å². The molecule has 13 N–H and O–H groups in total. The molecule has 0 spiro atoms. The predicted molar refractivity (Wildman–Crippen MR) is 137 cm³/mol. The first-order chi connectivity index (χ1) is 21.2. The van der Waals surface area contributed by atoms with Crippen LogP contribution in [0.25, 0.3) is 0 Å². The molecule has 45 heavy (non-hydrogen) atoms. The zero-order valence-corrected chi connectivity index (χ0v) is 24.2. The smallest absolute Gasteiger partial charge is 0.224 e. The van der Waals surface area contributed by atoms with Gasteiger partial charge in [0.05, 0.1) is 25.9 Å². The van der Waals surface area contributed by atoms with Crippen molar-refractivity contribution in [3.8, 4) is 0 Å². The Morgan fingerprint density at radius 3 is 1.40 bits per heavy atom. The zero-order chi connectivity index (χ0) is 33.5. The van der Waals surface area contributed by atoms with E-state index in [9.17, 15) is 66.4 Å². The summed E-state index contributed by atoms with van der Waals surface area (Å²) in [6.45, 7) is -4.18. The van der Waals surface area contributed by atoms with E-state index in [1.54, 1.807) is 6.92 Å². The van der Waals surface area contributed by atoms with Crippen molar-refractivity contribution in [2.24, 2.45) is 0 Å². The summed E-state index contributed by atoms with van der Waals surface area (Å²) in [5, 5.41) is 134. The molecule has 0 aromatic rings. The van der Waals surface area contributed by atoms with Gasteiger partial charge < -0.3 is 99.5 Å². The van der Waals surface area contributed by atoms with E-state index in [-0.39, 0.29) is 6.42 Å². The maximum atomic E-state index is 11.0. The van der Waals surface area contributed by atoms with E-state index < -0.39 is 143 Å². The number of hydrogen-bond acceptors (Lipinski definition) is 20. The van der Waals surface area contributed by atoms with Gasteiger partial charge in [0.2, 0.25) is 17.4 Å². The number of rotatable bonds is 13. The highest BCUT2D eigenvalue weighted by atomic mass is 16.8. The molecule has 4 aliphatic rings. The van der Waals surface area contributed by atoms with Crippen molar-refractivity contribution < 1.29 is 99.5 Å². The van der Waals surface area contributed by atoms with Gasteiger partial charge in [-0.15, -0.1) is 0 Å². The van der Waals surface area contributed by atoms with Crippen molar-refractivity contribution in [3.63, 3.8) is 0 Å². The van der Waals surface area contributed by atoms with Crippen LogP contribution in [0.3, 0.4) is 0 Å². The third-order valence-corrected chi connectivity index (χ3v) is 8.70. The van der Waals surface area contributed by atoms with Crippen LogP contribution >= 0.6 is 0 Å². The quantitative estimate of drug-likeness (QED) is 0.0869. The fourth-order valence-corrected chi connectivity index (χ4v) is 5.83. The van der Waals surface area contributed by atoms with E-state index in [2.05, 4.69) is 0 Å². The maximum absolute atomic E-state index is 11.0. The van der Waals surface area contributed by atoms with Crippen LogP contribution in [0.5, 0.6) is 0 Å². The van der Waals surface area contributed by atoms with Gasteiger partial charge in [-0.2, -0.15) is 0 Å². The molecule has 4 saturated heterocycles. The van der Waals surface area contributed by atoms with Crippen LogP contribution in [-0.4, -0.2) is 209 Å². The molecule has 0 bridgehead atoms. The molecule has 4 fully saturated rings. The van der Waals surface area contributed by atoms with Gasteiger partial charge >= 0.3 is 0 Å². The van der Waals surface area contributed by atoms with Gasteiger partial charge in [-0.05, 0) is 6.42 Å². The minimum Gasteiger partial charge on any atom is -0.394 e. The Morgan fingerprint density at radius 2 is 0.933 bits per heavy atom. The third-order valence-electron chi connectivity index (χ3n) is 8.70. The maximum Gasteiger partial charge on any atom is 0.224 e. The second-order valence-corrected chi connectivity index (χ2v) is 11.5. The van der Waals surface area contributed by atoms with Gasteiger partial charge in [-0.1, -0.05) is 6.92 Å². The largest absolute Gasteiger partial charge is 0.394 e. The molecule has 17 unspecified atom stereocenters. The second-order valence-electron chi connectivity index (χ2n) is 11.5. The van der Waals surface area contributed by atoms with Crippen molar-refractivity contribution in [1.29, 1.82) is 0 Å². The van der Waals surface area contributed by atoms with Crippen LogP contribution in [0.2, 0.25) is 0 Å². The summed E-state index contributed by atoms with van der Waals surface area (Å²) in [7, 11) is 0. The molecule has 4 rings (SSSR count). The monoisotopic (exact) mass is 664 g/mol. The molecule has 264 valence electrons. The fourth-order valence-electron chi connectivity index (χ4n) is 5.83. The normalized spacial score (nSPS) is 52.1. The van der Waals surface area contributed by atoms with Crippen molar-refractivity contribution in [2.45, 2.75) is 116 Å². The van der Waals surface area contributed by atoms with E-state index in [1.807, 2.05) is 0 Å². The molecule has 20 heteroatoms. The first-order valence-corrected chi connectivity index (χ1v) is 14.4. The van der Waals surface area contributed by atoms with Gasteiger partial charge in [-0.3, -0.25) is 0 Å². The minimum absolute atomic E-state index is 0.132. The summed E-state index contributed by atoms with van der Waals surface area (Å²) in [5.41, 5.74) is 0. The molecule has 4 aliphatic heterocycles. The fraction of sp³-hybridized carbons (Fsp3) is 1.00. The standard InChI is InChI=1S/C25H44O20/c1-2-9-13(30)17(34)18(35)22(41-9)45-25(21(38)16(33)12(5-28)44-25)8-40-24(20(37)15(32)11(4-27)43-24)7-39-23(6-29)19(36)14(31)10(3-26)42-23/h9-22,26-38H,2-8H2,1H3. The Bertz CT molecular complexity index is 962. The van der Waals surface area contributed by atoms with Crippen molar-refractivity contribution in [2.75, 3.05) is 39.6 Å². The summed E-state index contributed by atoms with van der Waals surface area (Å²) in [6, 6.07) is 0. The number of aliphatic hydroxyl groups is 13. The van der Waals surface area contributed by atoms with E-state index in [0.29, 0.717) is 0 Å². The van der Waals surface area contributed by atoms with Crippen molar-refractivity contribution in [1.82, 2.24) is 0 Å². The van der Waals surface area contributed by atoms with Crippen LogP contribution in [0.1, 0.15) is 13.3 Å². The van der Waals surface area contributed by atoms with Gasteiger partial charge in [0, 0.05) is 0 Å². The van der Waals surface area contributed by atoms with Gasteiger partial charge in [-0.25, -0.2) is 0 Å². The highest BCUT2D eigenvalue weighted by Gasteiger charge is 2.64. The Hall–Kier alpha value is -0.800. The molecule has 0 radical (unpaired) electrons. The molecular formula is C25H44O20. The number of hydrogen-bond donors (Lipinski definition) is 13. The second kappa shape index (κ2) is 14.4. The average Bonchev–Trinajstić information content (AvgIpc) is 3.55. The van der Waals surface area contributed by atoms with E-state index in [1.165, 1.54) is 0 Å². The minimum atomic E-state index is -2.59. The van der Waals surface area contributed by atoms with Crippen LogP contribution in [0.4, 0.5) is 0 Å². The first-order valence-electron chi connectivity index (χ1n) is 14.4. The molecule has 0 aromatic heterocycles. The van der Waals surface area contributed by atoms with Crippen LogP contribution in [0.15, 0.2) is 0 Å². The lowest BCUT2D eigenvalue weighted by atomic mass is 9.97. The van der Waals surface area contributed by atoms with Crippen molar-refractivity contribution in [3.05, 3.63) is 0 Å². The first kappa shape index (κ1) is 37.0. The molecular weight excluding hydrogens is 620 g/mol. The van der Waals surface area contributed by atoms with Crippen molar-refractivity contribution >= 4 is 0 Å². The molecule has 0 aliphatic carbocycles. The van der Waals surface area contributed by atoms with Gasteiger partial charge in [0.25, 0.3) is 0 Å². The Labute approximate surface area is 256 Å². The average molecular weight is 665 g/mol. The molecule has 17 atom stereocenters. The lowest BCUT2D eigenvalue weighted by Gasteiger charge is -2.45. The van der Waals surface area contributed by atoms with Gasteiger partial charge in [0.15, 0.2) is 6.29 Å². The summed E-state index contributed by atoms with van der Waals surface area (Å²) < 4.78 is 39.2. The lowest BCUT2D eigenvalue weighted by Crippen LogP contribution is -2.63. The van der Waals surface area contributed by atoms with E-state index in [4.69, 9.17) is 33.2 Å². The topological polar surface area (TPSA) is 328 Å². The lowest BCUT2D eigenvalue weighted by molar-refractivity contribution is -0.403. The van der Waals surface area contributed by atoms with E-state index in [0.717, 1.165) is 0 Å². The summed E-state index contributed by atoms with van der Waals surface area (Å²) >= 11 is 0. The molecule has 20 nitrogen and oxygen atoms in total. The highest BCUT2D eigenvalue weighted by molar-refractivity contribution is 5.03. The summed E-state index contributed by atoms with van der Waals surface area (Å²) in [5.74, 6) is -7.58. The van der Waals surface area contributed by atoms with Crippen LogP contribution < -0.4 is 0 Å². The Morgan fingerprint density at radius 1 is 0.511 bits per heavy atom. The summed E-state index contributed by atoms with van der Waals surface area (Å²) in [4.78, 5) is 0. The third kappa shape index (κ3) is 6.50. The van der Waals surface area contributed by atoms with E-state index >= 15 is 0 Å². The number of aliphatic hydroxyl groups excluding tert-OH is 13. The molecule has 0 saturated carbocycles. The summed E-state index contributed by atoms with van der Waals surface area (Å²) in [6.07, 6.45) is -24.1. The predicted octanol–water partition coefficient (Wildman–Crippen LogP) is -8.33. The SMILES string of the molecule is CCC1OC(OC2(COC3(COC4(CO)OC(CO)C(O)C4O)OC(CO)C(O)C3O)OC(CO)C(O)C2O)C(O)C(O)C1O. The van der Waals surface area contributed by atoms with Crippen LogP contribution in [0, 0.1) is 0 Å². The van der Waals surface area contributed by atoms with Gasteiger partial charge in [0.1, 0.15) is 93.1 Å². The Kier molecular flexibility index (Phi) is 11.8.